The molecule has 2 bridgehead atoms. The summed E-state index contributed by atoms with van der Waals surface area (Å²) in [4.78, 5) is 26.2. The van der Waals surface area contributed by atoms with Crippen molar-refractivity contribution in [3.05, 3.63) is 58.1 Å². The smallest absolute Gasteiger partial charge is 0.344 e. The molecule has 1 aliphatic carbocycles. The van der Waals surface area contributed by atoms with Gasteiger partial charge in [0, 0.05) is 12.6 Å². The van der Waals surface area contributed by atoms with Crippen molar-refractivity contribution in [1.82, 2.24) is 4.90 Å². The SMILES string of the molecule is COc1cc(OCC(=O)OC2CCC(Cc3c[c]ccc3[C@@H]3CN4CCC3CC4)CC2)c(Cl)cc1C=O. The molecule has 2 aromatic rings. The van der Waals surface area contributed by atoms with Gasteiger partial charge in [-0.05, 0) is 99.0 Å². The summed E-state index contributed by atoms with van der Waals surface area (Å²) in [6.07, 6.45) is 8.13. The Morgan fingerprint density at radius 3 is 2.59 bits per heavy atom. The number of esters is 1. The summed E-state index contributed by atoms with van der Waals surface area (Å²) in [5.74, 6) is 2.29. The molecule has 1 atom stereocenters. The lowest BCUT2D eigenvalue weighted by molar-refractivity contribution is -0.153. The summed E-state index contributed by atoms with van der Waals surface area (Å²) >= 11 is 6.18. The minimum Gasteiger partial charge on any atom is -0.496 e. The van der Waals surface area contributed by atoms with Gasteiger partial charge in [-0.25, -0.2) is 4.79 Å². The first kappa shape index (κ1) is 26.1. The largest absolute Gasteiger partial charge is 0.496 e. The summed E-state index contributed by atoms with van der Waals surface area (Å²) in [7, 11) is 1.46. The van der Waals surface area contributed by atoms with Crippen molar-refractivity contribution in [2.75, 3.05) is 33.4 Å². The van der Waals surface area contributed by atoms with Gasteiger partial charge in [0.15, 0.2) is 12.9 Å². The Labute approximate surface area is 224 Å². The molecular weight excluding hydrogens is 490 g/mol. The van der Waals surface area contributed by atoms with E-state index in [1.165, 1.54) is 62.8 Å². The Morgan fingerprint density at radius 1 is 1.14 bits per heavy atom. The zero-order valence-electron chi connectivity index (χ0n) is 21.4. The average molecular weight is 525 g/mol. The molecule has 37 heavy (non-hydrogen) atoms. The third-order valence-electron chi connectivity index (χ3n) is 8.40. The van der Waals surface area contributed by atoms with Crippen LogP contribution in [0.25, 0.3) is 0 Å². The molecule has 0 spiro atoms. The first-order valence-electron chi connectivity index (χ1n) is 13.4. The molecule has 3 heterocycles. The van der Waals surface area contributed by atoms with Crippen LogP contribution in [0.5, 0.6) is 11.5 Å². The van der Waals surface area contributed by atoms with Gasteiger partial charge in [0.25, 0.3) is 0 Å². The Kier molecular flexibility index (Phi) is 8.36. The van der Waals surface area contributed by atoms with E-state index in [4.69, 9.17) is 25.8 Å². The topological polar surface area (TPSA) is 65.1 Å². The second-order valence-electron chi connectivity index (χ2n) is 10.6. The number of piperidine rings is 3. The lowest BCUT2D eigenvalue weighted by Crippen LogP contribution is -2.46. The van der Waals surface area contributed by atoms with Crippen molar-refractivity contribution in [3.63, 3.8) is 0 Å². The molecule has 6 nitrogen and oxygen atoms in total. The Balaban J connectivity index is 1.10. The van der Waals surface area contributed by atoms with Gasteiger partial charge in [-0.1, -0.05) is 29.8 Å². The third kappa shape index (κ3) is 6.12. The first-order valence-corrected chi connectivity index (χ1v) is 13.8. The minimum absolute atomic E-state index is 0.0847. The lowest BCUT2D eigenvalue weighted by atomic mass is 9.73. The Morgan fingerprint density at radius 2 is 1.92 bits per heavy atom. The minimum atomic E-state index is -0.416. The molecule has 0 aromatic heterocycles. The molecular formula is C30H35ClNO5. The van der Waals surface area contributed by atoms with Crippen LogP contribution in [0, 0.1) is 17.9 Å². The van der Waals surface area contributed by atoms with Crippen molar-refractivity contribution in [1.29, 1.82) is 0 Å². The molecule has 0 N–H and O–H groups in total. The van der Waals surface area contributed by atoms with E-state index >= 15 is 0 Å². The molecule has 1 saturated carbocycles. The van der Waals surface area contributed by atoms with Crippen LogP contribution in [-0.4, -0.2) is 56.6 Å². The summed E-state index contributed by atoms with van der Waals surface area (Å²) in [5.41, 5.74) is 3.32. The van der Waals surface area contributed by atoms with Crippen LogP contribution in [0.4, 0.5) is 0 Å². The summed E-state index contributed by atoms with van der Waals surface area (Å²) in [5, 5.41) is 0.243. The van der Waals surface area contributed by atoms with Crippen LogP contribution in [0.2, 0.25) is 5.02 Å². The maximum absolute atomic E-state index is 12.4. The Hall–Kier alpha value is -2.57. The van der Waals surface area contributed by atoms with Crippen molar-refractivity contribution in [2.45, 2.75) is 57.0 Å². The molecule has 4 aliphatic rings. The normalized spacial score (nSPS) is 26.9. The summed E-state index contributed by atoms with van der Waals surface area (Å²) in [6, 6.07) is 12.9. The van der Waals surface area contributed by atoms with E-state index in [1.807, 2.05) is 0 Å². The highest BCUT2D eigenvalue weighted by atomic mass is 35.5. The number of carbonyl (C=O) groups is 2. The number of rotatable bonds is 9. The fraction of sp³-hybridized carbons (Fsp3) is 0.533. The lowest BCUT2D eigenvalue weighted by Gasteiger charge is -2.45. The molecule has 197 valence electrons. The molecule has 2 aromatic carbocycles. The van der Waals surface area contributed by atoms with Crippen LogP contribution in [-0.2, 0) is 16.0 Å². The molecule has 3 aliphatic heterocycles. The number of aldehydes is 1. The van der Waals surface area contributed by atoms with E-state index in [1.54, 1.807) is 0 Å². The standard InChI is InChI=1S/C30H35ClNO5/c1-35-28-16-29(27(31)15-23(28)18-33)36-19-30(34)37-24-8-6-20(7-9-24)14-22-4-2-3-5-25(22)26-17-32-12-10-21(26)11-13-32/h3-5,15-16,18,20-21,24,26H,6-14,17,19H2,1H3/t20?,24?,26-/m1/s1. The van der Waals surface area contributed by atoms with Gasteiger partial charge in [-0.15, -0.1) is 0 Å². The number of hydrogen-bond donors (Lipinski definition) is 0. The number of methoxy groups -OCH3 is 1. The van der Waals surface area contributed by atoms with E-state index in [0.717, 1.165) is 38.0 Å². The number of benzene rings is 2. The number of nitrogens with zero attached hydrogens (tertiary/aromatic N) is 1. The summed E-state index contributed by atoms with van der Waals surface area (Å²) in [6.45, 7) is 3.48. The highest BCUT2D eigenvalue weighted by Crippen LogP contribution is 2.41. The number of halogens is 1. The van der Waals surface area contributed by atoms with E-state index in [-0.39, 0.29) is 23.5 Å². The molecule has 4 fully saturated rings. The zero-order valence-corrected chi connectivity index (χ0v) is 22.2. The van der Waals surface area contributed by atoms with Crippen LogP contribution < -0.4 is 9.47 Å². The van der Waals surface area contributed by atoms with Gasteiger partial charge in [-0.3, -0.25) is 4.79 Å². The van der Waals surface area contributed by atoms with Crippen LogP contribution in [0.1, 0.15) is 65.9 Å². The van der Waals surface area contributed by atoms with Crippen LogP contribution in [0.3, 0.4) is 0 Å². The molecule has 0 amide bonds. The second-order valence-corrected chi connectivity index (χ2v) is 11.0. The van der Waals surface area contributed by atoms with Crippen molar-refractivity contribution >= 4 is 23.9 Å². The van der Waals surface area contributed by atoms with E-state index in [0.29, 0.717) is 29.4 Å². The van der Waals surface area contributed by atoms with Gasteiger partial charge in [0.1, 0.15) is 17.6 Å². The second kappa shape index (κ2) is 11.9. The number of hydrogen-bond acceptors (Lipinski definition) is 6. The quantitative estimate of drug-likeness (QED) is 0.319. The van der Waals surface area contributed by atoms with Gasteiger partial charge in [0.05, 0.1) is 17.7 Å². The predicted molar refractivity (Wildman–Crippen MR) is 142 cm³/mol. The molecule has 7 heteroatoms. The van der Waals surface area contributed by atoms with Gasteiger partial charge in [-0.2, -0.15) is 0 Å². The van der Waals surface area contributed by atoms with Gasteiger partial charge >= 0.3 is 5.97 Å². The average Bonchev–Trinajstić information content (AvgIpc) is 2.94. The van der Waals surface area contributed by atoms with E-state index < -0.39 is 5.97 Å². The first-order chi connectivity index (χ1) is 18.0. The number of ether oxygens (including phenoxy) is 3. The van der Waals surface area contributed by atoms with Gasteiger partial charge in [0.2, 0.25) is 0 Å². The Bertz CT molecular complexity index is 1110. The highest BCUT2D eigenvalue weighted by molar-refractivity contribution is 6.32. The highest BCUT2D eigenvalue weighted by Gasteiger charge is 2.36. The number of carbonyl (C=O) groups excluding carboxylic acids is 2. The fourth-order valence-corrected chi connectivity index (χ4v) is 6.61. The van der Waals surface area contributed by atoms with Gasteiger partial charge < -0.3 is 19.1 Å². The van der Waals surface area contributed by atoms with Crippen molar-refractivity contribution < 1.29 is 23.8 Å². The molecule has 6 rings (SSSR count). The maximum atomic E-state index is 12.4. The number of fused-ring (bicyclic) bond motifs is 3. The third-order valence-corrected chi connectivity index (χ3v) is 8.70. The van der Waals surface area contributed by atoms with Crippen molar-refractivity contribution in [3.8, 4) is 11.5 Å². The van der Waals surface area contributed by atoms with E-state index in [2.05, 4.69) is 29.2 Å². The van der Waals surface area contributed by atoms with Crippen LogP contribution in [0.15, 0.2) is 30.3 Å². The zero-order chi connectivity index (χ0) is 25.8. The fourth-order valence-electron chi connectivity index (χ4n) is 6.38. The van der Waals surface area contributed by atoms with E-state index in [9.17, 15) is 9.59 Å². The predicted octanol–water partition coefficient (Wildman–Crippen LogP) is 5.49. The van der Waals surface area contributed by atoms with Crippen molar-refractivity contribution in [2.24, 2.45) is 11.8 Å². The van der Waals surface area contributed by atoms with Crippen LogP contribution >= 0.6 is 11.6 Å². The molecule has 1 radical (unpaired) electrons. The summed E-state index contributed by atoms with van der Waals surface area (Å²) < 4.78 is 16.4. The monoisotopic (exact) mass is 524 g/mol. The molecule has 0 unspecified atom stereocenters. The molecule has 3 saturated heterocycles. The maximum Gasteiger partial charge on any atom is 0.344 e.